The average Bonchev–Trinajstić information content (AvgIpc) is 3.63. The first-order chi connectivity index (χ1) is 19.4. The summed E-state index contributed by atoms with van der Waals surface area (Å²) in [4.78, 5) is 26.7. The first kappa shape index (κ1) is 30.0. The van der Waals surface area contributed by atoms with Gasteiger partial charge < -0.3 is 0 Å². The molecule has 0 aliphatic carbocycles. The van der Waals surface area contributed by atoms with Gasteiger partial charge in [0.2, 0.25) is 0 Å². The van der Waals surface area contributed by atoms with Gasteiger partial charge in [-0.3, -0.25) is 20.2 Å². The third-order valence-electron chi connectivity index (χ3n) is 5.23. The summed E-state index contributed by atoms with van der Waals surface area (Å²) in [5.74, 6) is 4.26. The van der Waals surface area contributed by atoms with Crippen molar-refractivity contribution >= 4 is 40.2 Å². The second-order valence-electron chi connectivity index (χ2n) is 7.89. The molecule has 0 radical (unpaired) electrons. The van der Waals surface area contributed by atoms with Crippen molar-refractivity contribution in [3.05, 3.63) is 93.8 Å². The topological polar surface area (TPSA) is 107 Å². The van der Waals surface area contributed by atoms with Gasteiger partial charge >= 0.3 is 12.4 Å². The monoisotopic (exact) mass is 628 g/mol. The lowest BCUT2D eigenvalue weighted by molar-refractivity contribution is -0.138. The van der Waals surface area contributed by atoms with Gasteiger partial charge in [0.15, 0.2) is 0 Å². The first-order valence-electron chi connectivity index (χ1n) is 11.1. The maximum Gasteiger partial charge on any atom is 0.417 e. The van der Waals surface area contributed by atoms with Crippen LogP contribution < -0.4 is 11.3 Å². The van der Waals surface area contributed by atoms with Crippen molar-refractivity contribution in [1.82, 2.24) is 25.4 Å². The van der Waals surface area contributed by atoms with E-state index in [9.17, 15) is 31.1 Å². The Morgan fingerprint density at radius 1 is 0.780 bits per heavy atom. The van der Waals surface area contributed by atoms with Gasteiger partial charge in [-0.15, -0.1) is 22.7 Å². The zero-order chi connectivity index (χ0) is 29.8. The molecule has 1 aromatic carbocycles. The summed E-state index contributed by atoms with van der Waals surface area (Å²) in [5, 5.41) is 3.96. The Hall–Kier alpha value is -3.92. The summed E-state index contributed by atoms with van der Waals surface area (Å²) in [6.07, 6.45) is -4.53. The largest absolute Gasteiger partial charge is 0.417 e. The second-order valence-corrected chi connectivity index (χ2v) is 10.0. The number of thiazole rings is 2. The Morgan fingerprint density at radius 2 is 1.29 bits per heavy atom. The van der Waals surface area contributed by atoms with E-state index >= 15 is 0 Å². The van der Waals surface area contributed by atoms with E-state index in [-0.39, 0.29) is 26.8 Å². The smallest absolute Gasteiger partial charge is 0.289 e. The lowest BCUT2D eigenvalue weighted by atomic mass is 10.1. The number of nitrogens with one attached hydrogen (secondary N) is 1. The highest BCUT2D eigenvalue weighted by Gasteiger charge is 2.35. The van der Waals surface area contributed by atoms with Gasteiger partial charge in [0.05, 0.1) is 16.8 Å². The van der Waals surface area contributed by atoms with Gasteiger partial charge in [-0.2, -0.15) is 26.3 Å². The lowest BCUT2D eigenvalue weighted by Crippen LogP contribution is -2.30. The van der Waals surface area contributed by atoms with Gasteiger partial charge in [0.25, 0.3) is 5.91 Å². The number of rotatable bonds is 4. The van der Waals surface area contributed by atoms with Gasteiger partial charge in [-0.1, -0.05) is 23.7 Å². The number of halogens is 7. The molecule has 0 fully saturated rings. The molecule has 0 atom stereocenters. The van der Waals surface area contributed by atoms with Crippen LogP contribution in [0, 0.1) is 0 Å². The molecule has 0 unspecified atom stereocenters. The minimum atomic E-state index is -4.51. The third kappa shape index (κ3) is 7.24. The number of pyridine rings is 2. The summed E-state index contributed by atoms with van der Waals surface area (Å²) in [5.41, 5.74) is 1.45. The highest BCUT2D eigenvalue weighted by molar-refractivity contribution is 7.13. The quantitative estimate of drug-likeness (QED) is 0.0931. The summed E-state index contributed by atoms with van der Waals surface area (Å²) in [7, 11) is 0. The van der Waals surface area contributed by atoms with E-state index in [1.54, 1.807) is 29.6 Å². The van der Waals surface area contributed by atoms with E-state index in [0.717, 1.165) is 59.0 Å². The van der Waals surface area contributed by atoms with Crippen LogP contribution in [-0.4, -0.2) is 25.8 Å². The molecule has 7 nitrogen and oxygen atoms in total. The number of nitrogens with two attached hydrogens (primary N) is 1. The molecule has 0 saturated carbocycles. The molecule has 0 saturated heterocycles. The van der Waals surface area contributed by atoms with E-state index in [0.29, 0.717) is 10.7 Å². The average molecular weight is 629 g/mol. The molecule has 0 aliphatic heterocycles. The van der Waals surface area contributed by atoms with E-state index < -0.39 is 29.4 Å². The molecule has 1 amide bonds. The summed E-state index contributed by atoms with van der Waals surface area (Å²) >= 11 is 7.88. The molecule has 5 aromatic rings. The highest BCUT2D eigenvalue weighted by atomic mass is 35.5. The van der Waals surface area contributed by atoms with Gasteiger partial charge in [0, 0.05) is 57.3 Å². The van der Waals surface area contributed by atoms with Crippen LogP contribution in [-0.2, 0) is 12.4 Å². The van der Waals surface area contributed by atoms with Crippen molar-refractivity contribution in [2.24, 2.45) is 5.84 Å². The van der Waals surface area contributed by atoms with Crippen LogP contribution in [0.1, 0.15) is 21.6 Å². The van der Waals surface area contributed by atoms with Gasteiger partial charge in [-0.05, 0) is 24.3 Å². The molecule has 0 spiro atoms. The Kier molecular flexibility index (Phi) is 9.01. The summed E-state index contributed by atoms with van der Waals surface area (Å²) in [6, 6.07) is 8.78. The van der Waals surface area contributed by atoms with Crippen molar-refractivity contribution < 1.29 is 31.1 Å². The van der Waals surface area contributed by atoms with Crippen molar-refractivity contribution in [1.29, 1.82) is 0 Å². The Labute approximate surface area is 240 Å². The molecular formula is C25H15ClF6N6OS2. The molecule has 41 heavy (non-hydrogen) atoms. The minimum absolute atomic E-state index is 0.0137. The fraction of sp³-hybridized carbons (Fsp3) is 0.0800. The minimum Gasteiger partial charge on any atom is -0.289 e. The predicted molar refractivity (Wildman–Crippen MR) is 143 cm³/mol. The maximum atomic E-state index is 13.0. The Morgan fingerprint density at radius 3 is 1.80 bits per heavy atom. The number of benzene rings is 1. The number of carbonyl (C=O) groups excluding carboxylic acids is 1. The van der Waals surface area contributed by atoms with Crippen molar-refractivity contribution in [2.75, 3.05) is 0 Å². The van der Waals surface area contributed by atoms with Crippen LogP contribution in [0.2, 0.25) is 5.02 Å². The molecular weight excluding hydrogens is 614 g/mol. The highest BCUT2D eigenvalue weighted by Crippen LogP contribution is 2.39. The fourth-order valence-corrected chi connectivity index (χ4v) is 5.15. The van der Waals surface area contributed by atoms with Crippen LogP contribution in [0.25, 0.3) is 32.4 Å². The number of hydrazine groups is 1. The fourth-order valence-electron chi connectivity index (χ4n) is 3.35. The zero-order valence-electron chi connectivity index (χ0n) is 20.2. The van der Waals surface area contributed by atoms with E-state index in [1.807, 2.05) is 5.43 Å². The number of hydrogen-bond acceptors (Lipinski definition) is 8. The molecule has 3 N–H and O–H groups in total. The number of nitrogens with zero attached hydrogens (tertiary/aromatic N) is 4. The number of nitrogen functional groups attached to an aromatic ring is 1. The summed E-state index contributed by atoms with van der Waals surface area (Å²) in [6.45, 7) is 0. The van der Waals surface area contributed by atoms with Crippen molar-refractivity contribution in [3.63, 3.8) is 0 Å². The molecule has 0 aliphatic rings. The first-order valence-corrected chi connectivity index (χ1v) is 13.2. The molecule has 0 bridgehead atoms. The van der Waals surface area contributed by atoms with Crippen LogP contribution >= 0.6 is 34.3 Å². The molecule has 4 aromatic heterocycles. The van der Waals surface area contributed by atoms with E-state index in [1.165, 1.54) is 11.6 Å². The number of carbonyl (C=O) groups is 1. The van der Waals surface area contributed by atoms with Gasteiger partial charge in [-0.25, -0.2) is 15.8 Å². The molecule has 16 heteroatoms. The Bertz CT molecular complexity index is 1650. The lowest BCUT2D eigenvalue weighted by Gasteiger charge is -2.09. The number of alkyl halides is 6. The number of hydrogen-bond donors (Lipinski definition) is 2. The van der Waals surface area contributed by atoms with Crippen LogP contribution in [0.5, 0.6) is 0 Å². The maximum absolute atomic E-state index is 13.0. The Balaban J connectivity index is 0.000000191. The molecule has 4 heterocycles. The second kappa shape index (κ2) is 12.3. The molecule has 212 valence electrons. The van der Waals surface area contributed by atoms with Gasteiger partial charge in [0.1, 0.15) is 15.7 Å². The number of aromatic nitrogens is 4. The van der Waals surface area contributed by atoms with Crippen LogP contribution in [0.15, 0.2) is 71.9 Å². The van der Waals surface area contributed by atoms with E-state index in [4.69, 9.17) is 17.4 Å². The van der Waals surface area contributed by atoms with Crippen LogP contribution in [0.4, 0.5) is 26.3 Å². The van der Waals surface area contributed by atoms with Crippen molar-refractivity contribution in [2.45, 2.75) is 12.4 Å². The normalized spacial score (nSPS) is 11.5. The summed E-state index contributed by atoms with van der Waals surface area (Å²) < 4.78 is 77.6. The third-order valence-corrected chi connectivity index (χ3v) is 7.23. The molecule has 5 rings (SSSR count). The SMILES string of the molecule is FC(F)(F)c1ccncc1-c1nc(-c2ccc(Cl)cc2)cs1.NNC(=O)c1csc(-c2cnccc2C(F)(F)F)n1. The van der Waals surface area contributed by atoms with Crippen LogP contribution in [0.3, 0.4) is 0 Å². The van der Waals surface area contributed by atoms with Crippen molar-refractivity contribution in [3.8, 4) is 32.4 Å². The number of amides is 1. The predicted octanol–water partition coefficient (Wildman–Crippen LogP) is 7.37. The standard InChI is InChI=1S/C15H8ClF3N2S.C10H7F3N4OS/c16-10-3-1-9(2-4-10)13-8-22-14(21-13)11-7-20-6-5-12(11)15(17,18)19;11-10(12,13)6-1-2-15-3-5(6)9-16-7(4-19-9)8(18)17-14/h1-8H;1-4H,14H2,(H,17,18). The zero-order valence-corrected chi connectivity index (χ0v) is 22.6. The van der Waals surface area contributed by atoms with E-state index in [2.05, 4.69) is 19.9 Å².